The Labute approximate surface area is 155 Å². The Kier molecular flexibility index (Phi) is 7.68. The van der Waals surface area contributed by atoms with Crippen molar-refractivity contribution in [1.82, 2.24) is 20.5 Å². The zero-order chi connectivity index (χ0) is 18.2. The monoisotopic (exact) mass is 365 g/mol. The minimum absolute atomic E-state index is 0.00772. The van der Waals surface area contributed by atoms with E-state index < -0.39 is 0 Å². The quantitative estimate of drug-likeness (QED) is 0.599. The van der Waals surface area contributed by atoms with Crippen LogP contribution in [0.2, 0.25) is 0 Å². The first kappa shape index (κ1) is 19.7. The molecule has 2 unspecified atom stereocenters. The lowest BCUT2D eigenvalue weighted by atomic mass is 9.86. The van der Waals surface area contributed by atoms with E-state index in [4.69, 9.17) is 0 Å². The lowest BCUT2D eigenvalue weighted by molar-refractivity contribution is -0.127. The molecule has 7 heteroatoms. The number of carbonyl (C=O) groups is 1. The normalized spacial score (nSPS) is 21.0. The van der Waals surface area contributed by atoms with Crippen LogP contribution in [-0.4, -0.2) is 55.0 Å². The molecule has 6 nitrogen and oxygen atoms in total. The van der Waals surface area contributed by atoms with E-state index in [2.05, 4.69) is 34.5 Å². The number of aromatic nitrogens is 1. The fourth-order valence-corrected chi connectivity index (χ4v) is 3.74. The molecular formula is C18H31N5OS. The van der Waals surface area contributed by atoms with Gasteiger partial charge in [-0.15, -0.1) is 11.3 Å². The molecule has 1 fully saturated rings. The maximum Gasteiger partial charge on any atom is 0.243 e. The van der Waals surface area contributed by atoms with Crippen molar-refractivity contribution >= 4 is 23.2 Å². The summed E-state index contributed by atoms with van der Waals surface area (Å²) in [4.78, 5) is 23.6. The minimum Gasteiger partial charge on any atom is -0.356 e. The number of nitrogens with zero attached hydrogens (tertiary/aromatic N) is 3. The molecule has 2 N–H and O–H groups in total. The first-order valence-corrected chi connectivity index (χ1v) is 9.93. The Balaban J connectivity index is 1.92. The van der Waals surface area contributed by atoms with Crippen LogP contribution in [-0.2, 0) is 11.2 Å². The number of likely N-dealkylation sites (N-methyl/N-ethyl adjacent to an activating group) is 1. The van der Waals surface area contributed by atoms with Crippen LogP contribution in [0.1, 0.15) is 42.5 Å². The van der Waals surface area contributed by atoms with E-state index in [1.165, 1.54) is 24.1 Å². The average Bonchev–Trinajstić information content (AvgIpc) is 2.99. The van der Waals surface area contributed by atoms with E-state index in [0.717, 1.165) is 30.4 Å². The van der Waals surface area contributed by atoms with Crippen LogP contribution in [0.3, 0.4) is 0 Å². The summed E-state index contributed by atoms with van der Waals surface area (Å²) in [5.74, 6) is 1.38. The van der Waals surface area contributed by atoms with Gasteiger partial charge in [-0.3, -0.25) is 4.79 Å². The van der Waals surface area contributed by atoms with Crippen molar-refractivity contribution in [3.8, 4) is 0 Å². The minimum atomic E-state index is 0.00772. The van der Waals surface area contributed by atoms with Gasteiger partial charge in [0.05, 0.1) is 5.01 Å². The summed E-state index contributed by atoms with van der Waals surface area (Å²) < 4.78 is 0. The molecule has 25 heavy (non-hydrogen) atoms. The molecule has 0 aliphatic heterocycles. The van der Waals surface area contributed by atoms with Crippen molar-refractivity contribution < 1.29 is 4.79 Å². The molecule has 140 valence electrons. The van der Waals surface area contributed by atoms with E-state index in [-0.39, 0.29) is 12.5 Å². The van der Waals surface area contributed by atoms with Crippen LogP contribution >= 0.6 is 11.3 Å². The van der Waals surface area contributed by atoms with E-state index >= 15 is 0 Å². The van der Waals surface area contributed by atoms with Crippen LogP contribution in [0.5, 0.6) is 0 Å². The number of rotatable bonds is 6. The maximum absolute atomic E-state index is 11.9. The van der Waals surface area contributed by atoms with Gasteiger partial charge in [0.25, 0.3) is 0 Å². The predicted octanol–water partition coefficient (Wildman–Crippen LogP) is 2.20. The van der Waals surface area contributed by atoms with Gasteiger partial charge in [-0.25, -0.2) is 9.98 Å². The summed E-state index contributed by atoms with van der Waals surface area (Å²) >= 11 is 1.73. The molecular weight excluding hydrogens is 334 g/mol. The fourth-order valence-electron chi connectivity index (χ4n) is 2.95. The maximum atomic E-state index is 11.9. The van der Waals surface area contributed by atoms with Gasteiger partial charge in [0.2, 0.25) is 5.91 Å². The second-order valence-corrected chi connectivity index (χ2v) is 8.33. The summed E-state index contributed by atoms with van der Waals surface area (Å²) in [5, 5.41) is 8.04. The van der Waals surface area contributed by atoms with Crippen LogP contribution in [0.25, 0.3) is 0 Å². The summed E-state index contributed by atoms with van der Waals surface area (Å²) in [5.41, 5.74) is 0. The molecule has 1 saturated carbocycles. The second kappa shape index (κ2) is 9.75. The number of amides is 1. The Morgan fingerprint density at radius 1 is 1.40 bits per heavy atom. The number of guanidine groups is 1. The number of nitrogens with one attached hydrogen (secondary N) is 2. The van der Waals surface area contributed by atoms with Crippen molar-refractivity contribution in [1.29, 1.82) is 0 Å². The highest BCUT2D eigenvalue weighted by molar-refractivity contribution is 7.11. The van der Waals surface area contributed by atoms with Crippen molar-refractivity contribution in [2.45, 2.75) is 52.0 Å². The first-order valence-electron chi connectivity index (χ1n) is 9.12. The van der Waals surface area contributed by atoms with Crippen molar-refractivity contribution in [3.05, 3.63) is 16.1 Å². The number of hydrogen-bond acceptors (Lipinski definition) is 4. The van der Waals surface area contributed by atoms with Gasteiger partial charge in [0.15, 0.2) is 5.96 Å². The summed E-state index contributed by atoms with van der Waals surface area (Å²) in [6.07, 6.45) is 7.75. The molecule has 0 saturated heterocycles. The average molecular weight is 366 g/mol. The first-order chi connectivity index (χ1) is 12.0. The van der Waals surface area contributed by atoms with E-state index in [0.29, 0.717) is 12.0 Å². The molecule has 1 aromatic rings. The number of hydrogen-bond donors (Lipinski definition) is 2. The van der Waals surface area contributed by atoms with Gasteiger partial charge in [-0.1, -0.05) is 19.8 Å². The largest absolute Gasteiger partial charge is 0.356 e. The van der Waals surface area contributed by atoms with Crippen LogP contribution in [0.15, 0.2) is 11.2 Å². The lowest BCUT2D eigenvalue weighted by Gasteiger charge is -2.31. The molecule has 0 radical (unpaired) electrons. The van der Waals surface area contributed by atoms with Gasteiger partial charge < -0.3 is 15.5 Å². The molecule has 0 spiro atoms. The van der Waals surface area contributed by atoms with Crippen LogP contribution in [0.4, 0.5) is 0 Å². The third kappa shape index (κ3) is 6.65. The summed E-state index contributed by atoms with van der Waals surface area (Å²) in [7, 11) is 3.51. The fraction of sp³-hybridized carbons (Fsp3) is 0.722. The number of thiazole rings is 1. The van der Waals surface area contributed by atoms with Gasteiger partial charge in [0.1, 0.15) is 6.54 Å². The molecule has 1 aromatic heterocycles. The Bertz CT molecular complexity index is 584. The van der Waals surface area contributed by atoms with Crippen LogP contribution in [0, 0.1) is 12.8 Å². The van der Waals surface area contributed by atoms with Crippen LogP contribution < -0.4 is 10.6 Å². The molecule has 1 aliphatic rings. The Morgan fingerprint density at radius 2 is 2.16 bits per heavy atom. The zero-order valence-corrected chi connectivity index (χ0v) is 16.7. The zero-order valence-electron chi connectivity index (χ0n) is 15.8. The molecule has 2 atom stereocenters. The smallest absolute Gasteiger partial charge is 0.243 e. The van der Waals surface area contributed by atoms with Crippen molar-refractivity contribution in [2.24, 2.45) is 10.9 Å². The van der Waals surface area contributed by atoms with Crippen molar-refractivity contribution in [3.63, 3.8) is 0 Å². The highest BCUT2D eigenvalue weighted by Crippen LogP contribution is 2.23. The van der Waals surface area contributed by atoms with E-state index in [1.54, 1.807) is 30.3 Å². The molecule has 1 aliphatic carbocycles. The molecule has 2 rings (SSSR count). The molecule has 1 heterocycles. The van der Waals surface area contributed by atoms with Gasteiger partial charge in [-0.05, 0) is 25.7 Å². The molecule has 0 aromatic carbocycles. The van der Waals surface area contributed by atoms with E-state index in [1.807, 2.05) is 6.20 Å². The predicted molar refractivity (Wildman–Crippen MR) is 104 cm³/mol. The lowest BCUT2D eigenvalue weighted by Crippen LogP contribution is -2.48. The SMILES string of the molecule is Cc1cnc(CCNC(=NCC(=O)N(C)C)NC2CCCCC2C)s1. The van der Waals surface area contributed by atoms with Gasteiger partial charge in [-0.2, -0.15) is 0 Å². The third-order valence-corrected chi connectivity index (χ3v) is 5.58. The topological polar surface area (TPSA) is 69.6 Å². The van der Waals surface area contributed by atoms with Gasteiger partial charge >= 0.3 is 0 Å². The van der Waals surface area contributed by atoms with Gasteiger partial charge in [0, 0.05) is 44.2 Å². The Morgan fingerprint density at radius 3 is 2.80 bits per heavy atom. The second-order valence-electron chi connectivity index (χ2n) is 7.01. The van der Waals surface area contributed by atoms with E-state index in [9.17, 15) is 4.79 Å². The number of aryl methyl sites for hydroxylation is 1. The van der Waals surface area contributed by atoms with Crippen molar-refractivity contribution in [2.75, 3.05) is 27.2 Å². The number of aliphatic imine (C=N–C) groups is 1. The standard InChI is InChI=1S/C18H31N5OS/c1-13-7-5-6-8-15(13)22-18(21-12-17(24)23(3)4)19-10-9-16-20-11-14(2)25-16/h11,13,15H,5-10,12H2,1-4H3,(H2,19,21,22). The summed E-state index contributed by atoms with van der Waals surface area (Å²) in [6, 6.07) is 0.427. The summed E-state index contributed by atoms with van der Waals surface area (Å²) in [6.45, 7) is 5.29. The molecule has 0 bridgehead atoms. The molecule has 1 amide bonds. The number of carbonyl (C=O) groups excluding carboxylic acids is 1. The highest BCUT2D eigenvalue weighted by atomic mass is 32.1. The third-order valence-electron chi connectivity index (χ3n) is 4.61. The Hall–Kier alpha value is -1.63. The highest BCUT2D eigenvalue weighted by Gasteiger charge is 2.22.